The van der Waals surface area contributed by atoms with E-state index in [1.54, 1.807) is 6.20 Å². The maximum absolute atomic E-state index is 4.80. The van der Waals surface area contributed by atoms with Crippen LogP contribution in [-0.2, 0) is 0 Å². The Kier molecular flexibility index (Phi) is 3.92. The van der Waals surface area contributed by atoms with E-state index >= 15 is 0 Å². The molecule has 0 aliphatic rings. The molecule has 116 valence electrons. The van der Waals surface area contributed by atoms with Crippen molar-refractivity contribution in [2.24, 2.45) is 0 Å². The Morgan fingerprint density at radius 2 is 1.42 bits per heavy atom. The van der Waals surface area contributed by atoms with Crippen LogP contribution in [-0.4, -0.2) is 26.2 Å². The molecule has 4 rings (SSSR count). The fraction of sp³-hybridized carbons (Fsp3) is 0.0526. The molecule has 0 unspecified atom stereocenters. The summed E-state index contributed by atoms with van der Waals surface area (Å²) in [7, 11) is 0. The lowest BCUT2D eigenvalue weighted by molar-refractivity contribution is 0.988. The molecule has 24 heavy (non-hydrogen) atoms. The Morgan fingerprint density at radius 3 is 2.08 bits per heavy atom. The molecule has 4 nitrogen and oxygen atoms in total. The Morgan fingerprint density at radius 1 is 0.750 bits per heavy atom. The highest BCUT2D eigenvalue weighted by molar-refractivity contribution is 7.98. The molecule has 5 heteroatoms. The van der Waals surface area contributed by atoms with Crippen LogP contribution in [0.25, 0.3) is 33.7 Å². The average molecular weight is 330 g/mol. The number of aromatic nitrogens is 4. The van der Waals surface area contributed by atoms with Crippen molar-refractivity contribution in [1.82, 2.24) is 19.9 Å². The molecule has 0 aliphatic carbocycles. The summed E-state index contributed by atoms with van der Waals surface area (Å²) in [5, 5.41) is 0.697. The van der Waals surface area contributed by atoms with E-state index in [0.717, 1.165) is 28.0 Å². The zero-order valence-corrected chi connectivity index (χ0v) is 13.9. The molecule has 0 N–H and O–H groups in total. The summed E-state index contributed by atoms with van der Waals surface area (Å²) in [5.41, 5.74) is 5.02. The molecule has 0 fully saturated rings. The van der Waals surface area contributed by atoms with E-state index in [1.165, 1.54) is 11.8 Å². The molecule has 0 bridgehead atoms. The molecule has 0 amide bonds. The van der Waals surface area contributed by atoms with Gasteiger partial charge in [0.2, 0.25) is 0 Å². The predicted octanol–water partition coefficient (Wildman–Crippen LogP) is 4.48. The molecular weight excluding hydrogens is 316 g/mol. The highest BCUT2D eigenvalue weighted by atomic mass is 32.2. The minimum atomic E-state index is 0.618. The number of benzene rings is 2. The number of hydrogen-bond donors (Lipinski definition) is 0. The Bertz CT molecular complexity index is 988. The van der Waals surface area contributed by atoms with Crippen molar-refractivity contribution in [3.05, 3.63) is 66.9 Å². The van der Waals surface area contributed by atoms with Gasteiger partial charge in [-0.1, -0.05) is 72.4 Å². The lowest BCUT2D eigenvalue weighted by Gasteiger charge is -2.08. The molecule has 0 aliphatic heterocycles. The van der Waals surface area contributed by atoms with E-state index in [2.05, 4.69) is 15.0 Å². The smallest absolute Gasteiger partial charge is 0.190 e. The van der Waals surface area contributed by atoms with Crippen molar-refractivity contribution in [2.75, 3.05) is 6.26 Å². The standard InChI is InChI=1S/C19H14N4S/c1-24-19-22-16(14-10-6-3-7-11-14)17-18(23-19)20-12-15(21-17)13-8-4-2-5-9-13/h2-12H,1H3. The van der Waals surface area contributed by atoms with Gasteiger partial charge in [-0.15, -0.1) is 0 Å². The first-order chi connectivity index (χ1) is 11.8. The number of fused-ring (bicyclic) bond motifs is 1. The molecule has 0 spiro atoms. The molecule has 0 atom stereocenters. The highest BCUT2D eigenvalue weighted by Crippen LogP contribution is 2.27. The van der Waals surface area contributed by atoms with Crippen molar-refractivity contribution >= 4 is 22.9 Å². The number of rotatable bonds is 3. The Hall–Kier alpha value is -2.79. The van der Waals surface area contributed by atoms with Gasteiger partial charge in [-0.3, -0.25) is 0 Å². The third-order valence-corrected chi connectivity index (χ3v) is 4.23. The van der Waals surface area contributed by atoms with E-state index in [9.17, 15) is 0 Å². The van der Waals surface area contributed by atoms with Crippen LogP contribution in [0, 0.1) is 0 Å². The molecule has 4 aromatic rings. The zero-order valence-electron chi connectivity index (χ0n) is 13.0. The van der Waals surface area contributed by atoms with Crippen LogP contribution in [0.3, 0.4) is 0 Å². The molecule has 2 aromatic heterocycles. The van der Waals surface area contributed by atoms with Gasteiger partial charge in [0.05, 0.1) is 11.9 Å². The normalized spacial score (nSPS) is 10.9. The van der Waals surface area contributed by atoms with Gasteiger partial charge in [0, 0.05) is 11.1 Å². The number of nitrogens with zero attached hydrogens (tertiary/aromatic N) is 4. The second-order valence-electron chi connectivity index (χ2n) is 5.22. The van der Waals surface area contributed by atoms with E-state index in [4.69, 9.17) is 4.98 Å². The quantitative estimate of drug-likeness (QED) is 0.409. The third-order valence-electron chi connectivity index (χ3n) is 3.69. The molecule has 0 saturated heterocycles. The second kappa shape index (κ2) is 6.37. The van der Waals surface area contributed by atoms with Crippen molar-refractivity contribution in [3.63, 3.8) is 0 Å². The molecular formula is C19H14N4S. The van der Waals surface area contributed by atoms with Crippen LogP contribution in [0.4, 0.5) is 0 Å². The summed E-state index contributed by atoms with van der Waals surface area (Å²) in [6, 6.07) is 20.1. The van der Waals surface area contributed by atoms with E-state index in [1.807, 2.05) is 66.9 Å². The first-order valence-corrected chi connectivity index (χ1v) is 8.77. The van der Waals surface area contributed by atoms with E-state index in [-0.39, 0.29) is 0 Å². The van der Waals surface area contributed by atoms with Crippen molar-refractivity contribution in [3.8, 4) is 22.5 Å². The minimum absolute atomic E-state index is 0.618. The predicted molar refractivity (Wildman–Crippen MR) is 97.8 cm³/mol. The van der Waals surface area contributed by atoms with Crippen LogP contribution in [0.1, 0.15) is 0 Å². The monoisotopic (exact) mass is 330 g/mol. The minimum Gasteiger partial charge on any atom is -0.240 e. The van der Waals surface area contributed by atoms with Gasteiger partial charge in [-0.25, -0.2) is 19.9 Å². The lowest BCUT2D eigenvalue weighted by atomic mass is 10.1. The summed E-state index contributed by atoms with van der Waals surface area (Å²) in [5.74, 6) is 0. The SMILES string of the molecule is CSc1nc(-c2ccccc2)c2nc(-c3ccccc3)cnc2n1. The Labute approximate surface area is 144 Å². The van der Waals surface area contributed by atoms with Crippen LogP contribution in [0.5, 0.6) is 0 Å². The number of hydrogen-bond acceptors (Lipinski definition) is 5. The van der Waals surface area contributed by atoms with Crippen molar-refractivity contribution in [1.29, 1.82) is 0 Å². The van der Waals surface area contributed by atoms with Crippen LogP contribution >= 0.6 is 11.8 Å². The lowest BCUT2D eigenvalue weighted by Crippen LogP contribution is -1.98. The second-order valence-corrected chi connectivity index (χ2v) is 5.99. The van der Waals surface area contributed by atoms with Gasteiger partial charge in [0.15, 0.2) is 10.8 Å². The molecule has 0 radical (unpaired) electrons. The van der Waals surface area contributed by atoms with Crippen molar-refractivity contribution in [2.45, 2.75) is 5.16 Å². The molecule has 2 aromatic carbocycles. The summed E-state index contributed by atoms with van der Waals surface area (Å²) >= 11 is 1.50. The van der Waals surface area contributed by atoms with Crippen LogP contribution < -0.4 is 0 Å². The van der Waals surface area contributed by atoms with Gasteiger partial charge >= 0.3 is 0 Å². The first-order valence-electron chi connectivity index (χ1n) is 7.55. The van der Waals surface area contributed by atoms with Gasteiger partial charge in [0.25, 0.3) is 0 Å². The average Bonchev–Trinajstić information content (AvgIpc) is 2.68. The first kappa shape index (κ1) is 14.8. The van der Waals surface area contributed by atoms with E-state index < -0.39 is 0 Å². The van der Waals surface area contributed by atoms with Gasteiger partial charge < -0.3 is 0 Å². The largest absolute Gasteiger partial charge is 0.240 e. The van der Waals surface area contributed by atoms with Crippen LogP contribution in [0.15, 0.2) is 72.0 Å². The van der Waals surface area contributed by atoms with Gasteiger partial charge in [0.1, 0.15) is 11.2 Å². The van der Waals surface area contributed by atoms with Crippen LogP contribution in [0.2, 0.25) is 0 Å². The summed E-state index contributed by atoms with van der Waals surface area (Å²) in [6.07, 6.45) is 3.73. The highest BCUT2D eigenvalue weighted by Gasteiger charge is 2.13. The molecule has 0 saturated carbocycles. The fourth-order valence-electron chi connectivity index (χ4n) is 2.52. The fourth-order valence-corrected chi connectivity index (χ4v) is 2.88. The Balaban J connectivity index is 1.98. The zero-order chi connectivity index (χ0) is 16.4. The summed E-state index contributed by atoms with van der Waals surface area (Å²) in [4.78, 5) is 18.5. The maximum Gasteiger partial charge on any atom is 0.190 e. The van der Waals surface area contributed by atoms with Crippen molar-refractivity contribution < 1.29 is 0 Å². The number of thioether (sulfide) groups is 1. The van der Waals surface area contributed by atoms with Gasteiger partial charge in [-0.05, 0) is 6.26 Å². The summed E-state index contributed by atoms with van der Waals surface area (Å²) in [6.45, 7) is 0. The summed E-state index contributed by atoms with van der Waals surface area (Å²) < 4.78 is 0. The van der Waals surface area contributed by atoms with E-state index in [0.29, 0.717) is 10.8 Å². The maximum atomic E-state index is 4.80. The third kappa shape index (κ3) is 2.74. The molecule has 2 heterocycles. The topological polar surface area (TPSA) is 51.6 Å². The van der Waals surface area contributed by atoms with Gasteiger partial charge in [-0.2, -0.15) is 0 Å².